The summed E-state index contributed by atoms with van der Waals surface area (Å²) in [4.78, 5) is 2.30. The van der Waals surface area contributed by atoms with E-state index in [1.165, 1.54) is 18.4 Å². The van der Waals surface area contributed by atoms with Gasteiger partial charge in [0.25, 0.3) is 0 Å². The Kier molecular flexibility index (Phi) is 4.20. The molecule has 0 bridgehead atoms. The highest BCUT2D eigenvalue weighted by Gasteiger charge is 2.29. The van der Waals surface area contributed by atoms with Gasteiger partial charge in [0.1, 0.15) is 6.04 Å². The minimum absolute atomic E-state index is 0.0503. The summed E-state index contributed by atoms with van der Waals surface area (Å²) in [7, 11) is 0. The summed E-state index contributed by atoms with van der Waals surface area (Å²) in [5, 5.41) is 9.14. The predicted molar refractivity (Wildman–Crippen MR) is 67.4 cm³/mol. The number of morpholine rings is 1. The Morgan fingerprint density at radius 3 is 3.12 bits per heavy atom. The number of nitriles is 1. The topological polar surface area (TPSA) is 36.3 Å². The number of hydrogen-bond donors (Lipinski definition) is 0. The van der Waals surface area contributed by atoms with Crippen molar-refractivity contribution in [3.63, 3.8) is 0 Å². The highest BCUT2D eigenvalue weighted by Crippen LogP contribution is 2.31. The molecule has 17 heavy (non-hydrogen) atoms. The predicted octanol–water partition coefficient (Wildman–Crippen LogP) is 2.20. The zero-order valence-electron chi connectivity index (χ0n) is 10.9. The summed E-state index contributed by atoms with van der Waals surface area (Å²) in [6.07, 6.45) is 4.87. The number of rotatable bonds is 2. The molecule has 1 heterocycles. The molecule has 0 aromatic rings. The summed E-state index contributed by atoms with van der Waals surface area (Å²) in [5.74, 6) is 1.36. The molecule has 1 fully saturated rings. The van der Waals surface area contributed by atoms with Crippen LogP contribution in [0.4, 0.5) is 0 Å². The van der Waals surface area contributed by atoms with Crippen molar-refractivity contribution >= 4 is 0 Å². The van der Waals surface area contributed by atoms with Gasteiger partial charge in [-0.25, -0.2) is 0 Å². The Morgan fingerprint density at radius 2 is 2.41 bits per heavy atom. The van der Waals surface area contributed by atoms with Crippen LogP contribution in [-0.2, 0) is 4.74 Å². The maximum absolute atomic E-state index is 9.14. The molecule has 0 aromatic heterocycles. The molecule has 3 nitrogen and oxygen atoms in total. The fourth-order valence-electron chi connectivity index (χ4n) is 2.93. The van der Waals surface area contributed by atoms with Crippen LogP contribution in [0, 0.1) is 23.2 Å². The van der Waals surface area contributed by atoms with Gasteiger partial charge in [-0.05, 0) is 31.6 Å². The number of ether oxygens (including phenoxy) is 1. The molecule has 0 spiro atoms. The largest absolute Gasteiger partial charge is 0.377 e. The van der Waals surface area contributed by atoms with E-state index >= 15 is 0 Å². The van der Waals surface area contributed by atoms with E-state index in [2.05, 4.69) is 30.9 Å². The van der Waals surface area contributed by atoms with Crippen LogP contribution in [0.5, 0.6) is 0 Å². The first-order chi connectivity index (χ1) is 8.22. The molecule has 0 radical (unpaired) electrons. The van der Waals surface area contributed by atoms with E-state index in [1.54, 1.807) is 0 Å². The van der Waals surface area contributed by atoms with Gasteiger partial charge in [0.2, 0.25) is 0 Å². The quantitative estimate of drug-likeness (QED) is 0.687. The van der Waals surface area contributed by atoms with Crippen molar-refractivity contribution in [1.29, 1.82) is 5.26 Å². The summed E-state index contributed by atoms with van der Waals surface area (Å²) in [6, 6.07) is 2.30. The van der Waals surface area contributed by atoms with E-state index in [0.29, 0.717) is 12.5 Å². The third-order valence-corrected chi connectivity index (χ3v) is 4.18. The third-order valence-electron chi connectivity index (χ3n) is 4.18. The van der Waals surface area contributed by atoms with Crippen LogP contribution in [0.15, 0.2) is 11.6 Å². The second kappa shape index (κ2) is 5.66. The maximum Gasteiger partial charge on any atom is 0.121 e. The molecule has 0 amide bonds. The zero-order chi connectivity index (χ0) is 12.3. The summed E-state index contributed by atoms with van der Waals surface area (Å²) in [6.45, 7) is 7.83. The molecule has 1 saturated heterocycles. The average molecular weight is 234 g/mol. The Balaban J connectivity index is 2.01. The molecule has 1 aliphatic heterocycles. The lowest BCUT2D eigenvalue weighted by atomic mass is 9.79. The van der Waals surface area contributed by atoms with Crippen LogP contribution in [0.25, 0.3) is 0 Å². The highest BCUT2D eigenvalue weighted by atomic mass is 16.5. The first-order valence-electron chi connectivity index (χ1n) is 6.60. The molecule has 0 unspecified atom stereocenters. The van der Waals surface area contributed by atoms with Gasteiger partial charge in [0, 0.05) is 13.1 Å². The van der Waals surface area contributed by atoms with Crippen molar-refractivity contribution in [2.75, 3.05) is 26.3 Å². The van der Waals surface area contributed by atoms with Crippen molar-refractivity contribution in [3.8, 4) is 6.07 Å². The Bertz CT molecular complexity index is 332. The number of hydrogen-bond acceptors (Lipinski definition) is 3. The van der Waals surface area contributed by atoms with Gasteiger partial charge < -0.3 is 4.74 Å². The van der Waals surface area contributed by atoms with Gasteiger partial charge in [-0.1, -0.05) is 18.6 Å². The smallest absolute Gasteiger partial charge is 0.121 e. The average Bonchev–Trinajstić information content (AvgIpc) is 2.34. The van der Waals surface area contributed by atoms with Crippen molar-refractivity contribution in [2.24, 2.45) is 11.8 Å². The van der Waals surface area contributed by atoms with Gasteiger partial charge in [0.15, 0.2) is 0 Å². The normalized spacial score (nSPS) is 35.1. The van der Waals surface area contributed by atoms with E-state index in [1.807, 2.05) is 0 Å². The standard InChI is InChI=1S/C14H22N2O/c1-11-4-3-5-12(2)14(11)9-16-6-7-17-10-13(16)8-15/h4,12-14H,3,5-7,9-10H2,1-2H3/t12-,13+,14+/m0/s1. The Labute approximate surface area is 104 Å². The molecule has 3 heteroatoms. The molecule has 0 aromatic carbocycles. The lowest BCUT2D eigenvalue weighted by Gasteiger charge is -2.37. The fourth-order valence-corrected chi connectivity index (χ4v) is 2.93. The zero-order valence-corrected chi connectivity index (χ0v) is 10.9. The summed E-state index contributed by atoms with van der Waals surface area (Å²) >= 11 is 0. The maximum atomic E-state index is 9.14. The van der Waals surface area contributed by atoms with Crippen LogP contribution in [0.1, 0.15) is 26.7 Å². The van der Waals surface area contributed by atoms with Crippen molar-refractivity contribution in [3.05, 3.63) is 11.6 Å². The minimum Gasteiger partial charge on any atom is -0.377 e. The number of allylic oxidation sites excluding steroid dienone is 1. The molecule has 1 aliphatic carbocycles. The summed E-state index contributed by atoms with van der Waals surface area (Å²) in [5.41, 5.74) is 1.51. The van der Waals surface area contributed by atoms with E-state index in [9.17, 15) is 0 Å². The van der Waals surface area contributed by atoms with Gasteiger partial charge in [-0.3, -0.25) is 4.90 Å². The van der Waals surface area contributed by atoms with E-state index in [0.717, 1.165) is 25.6 Å². The molecule has 3 atom stereocenters. The van der Waals surface area contributed by atoms with Gasteiger partial charge in [-0.2, -0.15) is 5.26 Å². The molecule has 0 saturated carbocycles. The van der Waals surface area contributed by atoms with Crippen LogP contribution in [0.2, 0.25) is 0 Å². The SMILES string of the molecule is CC1=CCC[C@H](C)[C@@H]1CN1CCOC[C@H]1C#N. The minimum atomic E-state index is -0.0503. The lowest BCUT2D eigenvalue weighted by Crippen LogP contribution is -2.47. The molecule has 2 aliphatic rings. The molecule has 94 valence electrons. The third kappa shape index (κ3) is 2.88. The van der Waals surface area contributed by atoms with Gasteiger partial charge >= 0.3 is 0 Å². The van der Waals surface area contributed by atoms with Crippen LogP contribution >= 0.6 is 0 Å². The van der Waals surface area contributed by atoms with Crippen molar-refractivity contribution in [1.82, 2.24) is 4.90 Å². The van der Waals surface area contributed by atoms with Gasteiger partial charge in [0.05, 0.1) is 19.3 Å². The summed E-state index contributed by atoms with van der Waals surface area (Å²) < 4.78 is 5.37. The first-order valence-corrected chi connectivity index (χ1v) is 6.60. The van der Waals surface area contributed by atoms with Crippen LogP contribution in [0.3, 0.4) is 0 Å². The van der Waals surface area contributed by atoms with Crippen LogP contribution in [-0.4, -0.2) is 37.2 Å². The van der Waals surface area contributed by atoms with E-state index in [4.69, 9.17) is 10.00 Å². The lowest BCUT2D eigenvalue weighted by molar-refractivity contribution is 0.00410. The van der Waals surface area contributed by atoms with E-state index < -0.39 is 0 Å². The molecular weight excluding hydrogens is 212 g/mol. The van der Waals surface area contributed by atoms with Crippen LogP contribution < -0.4 is 0 Å². The van der Waals surface area contributed by atoms with Gasteiger partial charge in [-0.15, -0.1) is 0 Å². The first kappa shape index (κ1) is 12.6. The fraction of sp³-hybridized carbons (Fsp3) is 0.786. The van der Waals surface area contributed by atoms with E-state index in [-0.39, 0.29) is 6.04 Å². The Hall–Kier alpha value is -0.850. The second-order valence-corrected chi connectivity index (χ2v) is 5.32. The highest BCUT2D eigenvalue weighted by molar-refractivity contribution is 5.10. The second-order valence-electron chi connectivity index (χ2n) is 5.32. The molecule has 0 N–H and O–H groups in total. The molecule has 2 rings (SSSR count). The monoisotopic (exact) mass is 234 g/mol. The van der Waals surface area contributed by atoms with Crippen molar-refractivity contribution < 1.29 is 4.74 Å². The molecular formula is C14H22N2O. The Morgan fingerprint density at radius 1 is 1.59 bits per heavy atom. The number of nitrogens with zero attached hydrogens (tertiary/aromatic N) is 2. The van der Waals surface area contributed by atoms with Crippen molar-refractivity contribution in [2.45, 2.75) is 32.7 Å².